The molecule has 3 rings (SSSR count). The molecular weight excluding hydrogens is 356 g/mol. The number of Topliss-reactive ketones (excluding diaryl/α,β-unsaturated/α-hetero) is 1. The van der Waals surface area contributed by atoms with Crippen molar-refractivity contribution in [2.24, 2.45) is 17.8 Å². The number of hydrogen-bond donors (Lipinski definition) is 1. The minimum Gasteiger partial charge on any atom is -0.491 e. The average Bonchev–Trinajstić information content (AvgIpc) is 2.98. The quantitative estimate of drug-likeness (QED) is 0.523. The van der Waals surface area contributed by atoms with Gasteiger partial charge in [-0.15, -0.1) is 0 Å². The van der Waals surface area contributed by atoms with Crippen LogP contribution in [0.25, 0.3) is 0 Å². The van der Waals surface area contributed by atoms with Gasteiger partial charge in [0.05, 0.1) is 6.61 Å². The molecule has 28 heavy (non-hydrogen) atoms. The van der Waals surface area contributed by atoms with E-state index in [1.54, 1.807) is 0 Å². The highest BCUT2D eigenvalue weighted by Crippen LogP contribution is 2.51. The zero-order valence-corrected chi connectivity index (χ0v) is 17.6. The molecule has 1 aliphatic heterocycles. The van der Waals surface area contributed by atoms with Crippen molar-refractivity contribution in [3.8, 4) is 0 Å². The van der Waals surface area contributed by atoms with Crippen LogP contribution < -0.4 is 0 Å². The Morgan fingerprint density at radius 2 is 2.14 bits per heavy atom. The second-order valence-electron chi connectivity index (χ2n) is 9.14. The molecule has 0 aromatic carbocycles. The number of carbonyl (C=O) groups excluding carboxylic acids is 2. The van der Waals surface area contributed by atoms with Gasteiger partial charge in [0, 0.05) is 31.3 Å². The molecule has 0 radical (unpaired) electrons. The highest BCUT2D eigenvalue weighted by atomic mass is 16.5. The Hall–Kier alpha value is -1.62. The van der Waals surface area contributed by atoms with Gasteiger partial charge in [0.25, 0.3) is 0 Å². The maximum Gasteiger partial charge on any atom is 0.302 e. The molecular formula is C23H34O5. The van der Waals surface area contributed by atoms with Crippen molar-refractivity contribution in [2.75, 3.05) is 6.61 Å². The summed E-state index contributed by atoms with van der Waals surface area (Å²) in [5, 5.41) is 9.96. The molecule has 5 unspecified atom stereocenters. The summed E-state index contributed by atoms with van der Waals surface area (Å²) in [7, 11) is 0. The van der Waals surface area contributed by atoms with E-state index in [1.807, 2.05) is 0 Å². The van der Waals surface area contributed by atoms with E-state index in [4.69, 9.17) is 9.47 Å². The molecule has 0 aromatic heterocycles. The van der Waals surface area contributed by atoms with Gasteiger partial charge in [0.2, 0.25) is 0 Å². The van der Waals surface area contributed by atoms with E-state index in [-0.39, 0.29) is 23.3 Å². The summed E-state index contributed by atoms with van der Waals surface area (Å²) >= 11 is 0. The van der Waals surface area contributed by atoms with Gasteiger partial charge in [-0.05, 0) is 44.4 Å². The number of ketones is 1. The fourth-order valence-electron chi connectivity index (χ4n) is 4.93. The van der Waals surface area contributed by atoms with Crippen LogP contribution in [0, 0.1) is 17.8 Å². The topological polar surface area (TPSA) is 72.8 Å². The molecule has 0 spiro atoms. The lowest BCUT2D eigenvalue weighted by Crippen LogP contribution is -2.43. The van der Waals surface area contributed by atoms with Crippen molar-refractivity contribution in [2.45, 2.75) is 84.3 Å². The van der Waals surface area contributed by atoms with E-state index in [0.717, 1.165) is 37.0 Å². The van der Waals surface area contributed by atoms with Crippen LogP contribution >= 0.6 is 0 Å². The van der Waals surface area contributed by atoms with Gasteiger partial charge in [-0.25, -0.2) is 0 Å². The number of carbonyl (C=O) groups is 2. The third-order valence-electron chi connectivity index (χ3n) is 6.70. The normalized spacial score (nSPS) is 31.5. The molecule has 1 N–H and O–H groups in total. The zero-order valence-electron chi connectivity index (χ0n) is 17.6. The minimum atomic E-state index is -0.864. The summed E-state index contributed by atoms with van der Waals surface area (Å²) in [5.41, 5.74) is 1.86. The van der Waals surface area contributed by atoms with Gasteiger partial charge in [-0.1, -0.05) is 31.9 Å². The summed E-state index contributed by atoms with van der Waals surface area (Å²) in [6.07, 6.45) is 7.35. The molecule has 2 aliphatic carbocycles. The van der Waals surface area contributed by atoms with Crippen LogP contribution in [0.2, 0.25) is 0 Å². The van der Waals surface area contributed by atoms with Crippen molar-refractivity contribution in [3.05, 3.63) is 23.0 Å². The lowest BCUT2D eigenvalue weighted by molar-refractivity contribution is -0.142. The molecule has 0 amide bonds. The number of aliphatic hydroxyl groups excluding tert-OH is 1. The number of fused-ring (bicyclic) bond motifs is 1. The summed E-state index contributed by atoms with van der Waals surface area (Å²) in [6, 6.07) is 0. The van der Waals surface area contributed by atoms with Crippen LogP contribution in [0.4, 0.5) is 0 Å². The van der Waals surface area contributed by atoms with E-state index in [0.29, 0.717) is 37.7 Å². The van der Waals surface area contributed by atoms with Gasteiger partial charge in [0.1, 0.15) is 17.5 Å². The lowest BCUT2D eigenvalue weighted by atomic mass is 9.73. The predicted molar refractivity (Wildman–Crippen MR) is 106 cm³/mol. The van der Waals surface area contributed by atoms with E-state index < -0.39 is 6.10 Å². The molecule has 0 bridgehead atoms. The van der Waals surface area contributed by atoms with Gasteiger partial charge >= 0.3 is 5.97 Å². The van der Waals surface area contributed by atoms with Crippen molar-refractivity contribution in [3.63, 3.8) is 0 Å². The van der Waals surface area contributed by atoms with Crippen LogP contribution in [0.5, 0.6) is 0 Å². The molecule has 0 saturated carbocycles. The second kappa shape index (κ2) is 8.40. The Bertz CT molecular complexity index is 691. The third kappa shape index (κ3) is 4.35. The van der Waals surface area contributed by atoms with Gasteiger partial charge < -0.3 is 14.6 Å². The van der Waals surface area contributed by atoms with Crippen LogP contribution in [0.1, 0.15) is 72.6 Å². The Morgan fingerprint density at radius 3 is 2.86 bits per heavy atom. The Labute approximate surface area is 168 Å². The smallest absolute Gasteiger partial charge is 0.302 e. The molecule has 5 atom stereocenters. The molecule has 0 aromatic rings. The molecule has 5 heteroatoms. The number of allylic oxidation sites excluding steroid dienone is 1. The SMILES string of the molecule is CC(=O)OCC(C)CCCC(C)C1=CCC2(C)OC3=C(CC12)C(=O)C(O)CC3. The molecule has 5 nitrogen and oxygen atoms in total. The number of rotatable bonds is 7. The van der Waals surface area contributed by atoms with Crippen LogP contribution in [0.15, 0.2) is 23.0 Å². The predicted octanol–water partition coefficient (Wildman–Crippen LogP) is 4.10. The monoisotopic (exact) mass is 390 g/mol. The van der Waals surface area contributed by atoms with Crippen LogP contribution in [-0.4, -0.2) is 35.2 Å². The Kier molecular flexibility index (Phi) is 6.33. The molecule has 156 valence electrons. The second-order valence-corrected chi connectivity index (χ2v) is 9.14. The van der Waals surface area contributed by atoms with E-state index in [2.05, 4.69) is 26.8 Å². The standard InChI is InChI=1S/C23H34O5/c1-14(13-27-16(3)24)6-5-7-15(2)17-10-11-23(4)19(17)12-18-21(28-23)9-8-20(25)22(18)26/h10,14-15,19-20,25H,5-9,11-13H2,1-4H3. The highest BCUT2D eigenvalue weighted by molar-refractivity contribution is 6.00. The molecule has 0 saturated heterocycles. The minimum absolute atomic E-state index is 0.138. The fourth-order valence-corrected chi connectivity index (χ4v) is 4.93. The first-order valence-electron chi connectivity index (χ1n) is 10.7. The van der Waals surface area contributed by atoms with Gasteiger partial charge in [-0.3, -0.25) is 9.59 Å². The fraction of sp³-hybridized carbons (Fsp3) is 0.739. The van der Waals surface area contributed by atoms with Crippen molar-refractivity contribution < 1.29 is 24.2 Å². The van der Waals surface area contributed by atoms with E-state index >= 15 is 0 Å². The Balaban J connectivity index is 1.58. The maximum atomic E-state index is 12.4. The highest BCUT2D eigenvalue weighted by Gasteiger charge is 2.49. The summed E-state index contributed by atoms with van der Waals surface area (Å²) < 4.78 is 11.4. The molecule has 1 heterocycles. The van der Waals surface area contributed by atoms with Gasteiger partial charge in [-0.2, -0.15) is 0 Å². The molecule has 3 aliphatic rings. The summed E-state index contributed by atoms with van der Waals surface area (Å²) in [4.78, 5) is 23.4. The maximum absolute atomic E-state index is 12.4. The number of ether oxygens (including phenoxy) is 2. The molecule has 0 fully saturated rings. The Morgan fingerprint density at radius 1 is 1.39 bits per heavy atom. The van der Waals surface area contributed by atoms with E-state index in [1.165, 1.54) is 12.5 Å². The van der Waals surface area contributed by atoms with E-state index in [9.17, 15) is 14.7 Å². The number of aliphatic hydroxyl groups is 1. The first-order valence-corrected chi connectivity index (χ1v) is 10.7. The van der Waals surface area contributed by atoms with Gasteiger partial charge in [0.15, 0.2) is 5.78 Å². The first-order chi connectivity index (χ1) is 13.2. The lowest BCUT2D eigenvalue weighted by Gasteiger charge is -2.43. The summed E-state index contributed by atoms with van der Waals surface area (Å²) in [5.74, 6) is 1.48. The number of esters is 1. The van der Waals surface area contributed by atoms with Crippen molar-refractivity contribution >= 4 is 11.8 Å². The van der Waals surface area contributed by atoms with Crippen molar-refractivity contribution in [1.29, 1.82) is 0 Å². The summed E-state index contributed by atoms with van der Waals surface area (Å²) in [6.45, 7) is 8.47. The third-order valence-corrected chi connectivity index (χ3v) is 6.70. The van der Waals surface area contributed by atoms with Crippen LogP contribution in [-0.2, 0) is 19.1 Å². The zero-order chi connectivity index (χ0) is 20.5. The number of hydrogen-bond acceptors (Lipinski definition) is 5. The first kappa shape index (κ1) is 21.1. The largest absolute Gasteiger partial charge is 0.491 e. The van der Waals surface area contributed by atoms with Crippen molar-refractivity contribution in [1.82, 2.24) is 0 Å². The van der Waals surface area contributed by atoms with Crippen LogP contribution in [0.3, 0.4) is 0 Å². The average molecular weight is 391 g/mol.